The van der Waals surface area contributed by atoms with Gasteiger partial charge in [0.25, 0.3) is 0 Å². The minimum atomic E-state index is -0.780. The molecule has 0 saturated heterocycles. The van der Waals surface area contributed by atoms with Gasteiger partial charge in [-0.05, 0) is 83.5 Å². The zero-order valence-electron chi connectivity index (χ0n) is 48.9. The first kappa shape index (κ1) is 70.4. The number of ether oxygens (including phenoxy) is 3. The molecule has 0 radical (unpaired) electrons. The van der Waals surface area contributed by atoms with E-state index in [1.807, 2.05) is 0 Å². The molecule has 0 spiro atoms. The first-order chi connectivity index (χ1) is 36.0. The van der Waals surface area contributed by atoms with Gasteiger partial charge in [0, 0.05) is 19.3 Å². The molecule has 0 N–H and O–H groups in total. The van der Waals surface area contributed by atoms with Crippen LogP contribution in [0.1, 0.15) is 342 Å². The molecule has 1 atom stereocenters. The van der Waals surface area contributed by atoms with Gasteiger partial charge in [-0.3, -0.25) is 14.4 Å². The lowest BCUT2D eigenvalue weighted by Crippen LogP contribution is -2.30. The van der Waals surface area contributed by atoms with Crippen molar-refractivity contribution >= 4 is 17.9 Å². The van der Waals surface area contributed by atoms with Gasteiger partial charge in [-0.25, -0.2) is 0 Å². The van der Waals surface area contributed by atoms with Crippen molar-refractivity contribution in [3.63, 3.8) is 0 Å². The Balaban J connectivity index is 4.33. The number of unbranched alkanes of at least 4 members (excludes halogenated alkanes) is 40. The van der Waals surface area contributed by atoms with Gasteiger partial charge in [-0.15, -0.1) is 0 Å². The predicted molar refractivity (Wildman–Crippen MR) is 316 cm³/mol. The Morgan fingerprint density at radius 1 is 0.274 bits per heavy atom. The minimum Gasteiger partial charge on any atom is -0.462 e. The molecule has 73 heavy (non-hydrogen) atoms. The molecule has 0 fully saturated rings. The summed E-state index contributed by atoms with van der Waals surface area (Å²) in [6.07, 6.45) is 76.8. The largest absolute Gasteiger partial charge is 0.462 e. The molecule has 0 aliphatic carbocycles. The van der Waals surface area contributed by atoms with E-state index in [9.17, 15) is 14.4 Å². The van der Waals surface area contributed by atoms with Gasteiger partial charge in [0.1, 0.15) is 13.2 Å². The average molecular weight is 1020 g/mol. The number of hydrogen-bond acceptors (Lipinski definition) is 6. The van der Waals surface area contributed by atoms with Crippen LogP contribution < -0.4 is 0 Å². The van der Waals surface area contributed by atoms with Crippen LogP contribution in [0.5, 0.6) is 0 Å². The number of rotatable bonds is 59. The Morgan fingerprint density at radius 2 is 0.493 bits per heavy atom. The maximum Gasteiger partial charge on any atom is 0.306 e. The number of carbonyl (C=O) groups is 3. The Bertz CT molecular complexity index is 1270. The van der Waals surface area contributed by atoms with Crippen molar-refractivity contribution in [3.05, 3.63) is 48.6 Å². The van der Waals surface area contributed by atoms with Crippen molar-refractivity contribution in [2.75, 3.05) is 13.2 Å². The van der Waals surface area contributed by atoms with E-state index in [0.29, 0.717) is 19.3 Å². The Morgan fingerprint density at radius 3 is 0.781 bits per heavy atom. The molecule has 6 nitrogen and oxygen atoms in total. The molecular formula is C67H122O6. The van der Waals surface area contributed by atoms with E-state index < -0.39 is 6.10 Å². The van der Waals surface area contributed by atoms with E-state index in [1.54, 1.807) is 0 Å². The minimum absolute atomic E-state index is 0.0758. The maximum absolute atomic E-state index is 12.9. The van der Waals surface area contributed by atoms with Crippen molar-refractivity contribution in [2.45, 2.75) is 348 Å². The summed E-state index contributed by atoms with van der Waals surface area (Å²) in [6, 6.07) is 0. The highest BCUT2D eigenvalue weighted by Gasteiger charge is 2.19. The fraction of sp³-hybridized carbons (Fsp3) is 0.836. The monoisotopic (exact) mass is 1020 g/mol. The van der Waals surface area contributed by atoms with Crippen molar-refractivity contribution in [1.29, 1.82) is 0 Å². The number of esters is 3. The fourth-order valence-electron chi connectivity index (χ4n) is 9.45. The lowest BCUT2D eigenvalue weighted by molar-refractivity contribution is -0.167. The van der Waals surface area contributed by atoms with Crippen LogP contribution in [0.2, 0.25) is 0 Å². The van der Waals surface area contributed by atoms with E-state index in [1.165, 1.54) is 218 Å². The Labute approximate surface area is 454 Å². The van der Waals surface area contributed by atoms with Crippen LogP contribution in [0.4, 0.5) is 0 Å². The normalized spacial score (nSPS) is 12.3. The summed E-state index contributed by atoms with van der Waals surface area (Å²) in [5.74, 6) is -0.873. The van der Waals surface area contributed by atoms with Crippen molar-refractivity contribution in [2.24, 2.45) is 0 Å². The predicted octanol–water partition coefficient (Wildman–Crippen LogP) is 21.8. The highest BCUT2D eigenvalue weighted by Crippen LogP contribution is 2.17. The second-order valence-corrected chi connectivity index (χ2v) is 21.7. The molecule has 0 aromatic heterocycles. The van der Waals surface area contributed by atoms with Gasteiger partial charge in [0.15, 0.2) is 6.10 Å². The quantitative estimate of drug-likeness (QED) is 0.0261. The van der Waals surface area contributed by atoms with E-state index in [0.717, 1.165) is 83.5 Å². The maximum atomic E-state index is 12.9. The van der Waals surface area contributed by atoms with Gasteiger partial charge in [0.2, 0.25) is 0 Å². The molecule has 0 unspecified atom stereocenters. The summed E-state index contributed by atoms with van der Waals surface area (Å²) in [6.45, 7) is 6.63. The summed E-state index contributed by atoms with van der Waals surface area (Å²) in [5, 5.41) is 0. The van der Waals surface area contributed by atoms with Gasteiger partial charge >= 0.3 is 17.9 Å². The molecule has 0 heterocycles. The zero-order chi connectivity index (χ0) is 52.9. The molecule has 6 heteroatoms. The first-order valence-electron chi connectivity index (χ1n) is 32.1. The lowest BCUT2D eigenvalue weighted by Gasteiger charge is -2.18. The summed E-state index contributed by atoms with van der Waals surface area (Å²) in [7, 11) is 0. The van der Waals surface area contributed by atoms with Crippen LogP contribution in [-0.2, 0) is 28.6 Å². The molecule has 0 rings (SSSR count). The molecule has 0 aromatic carbocycles. The second kappa shape index (κ2) is 61.9. The van der Waals surface area contributed by atoms with Crippen LogP contribution in [0.25, 0.3) is 0 Å². The number of hydrogen-bond donors (Lipinski definition) is 0. The van der Waals surface area contributed by atoms with Crippen LogP contribution >= 0.6 is 0 Å². The molecular weight excluding hydrogens is 901 g/mol. The molecule has 0 saturated carbocycles. The highest BCUT2D eigenvalue weighted by molar-refractivity contribution is 5.71. The molecule has 0 amide bonds. The molecule has 426 valence electrons. The topological polar surface area (TPSA) is 78.9 Å². The van der Waals surface area contributed by atoms with Crippen LogP contribution in [0.15, 0.2) is 48.6 Å². The molecule has 0 aliphatic heterocycles. The lowest BCUT2D eigenvalue weighted by atomic mass is 10.0. The SMILES string of the molecule is CCCCC/C=C\C/C=C\CCCCCCCCCCCC(=O)O[C@H](COC(=O)CCCCCCC/C=C\C/C=C\CCCCC)COC(=O)CCCCCCCCCCCCCCCCCCCCCCC. The third kappa shape index (κ3) is 60.1. The zero-order valence-corrected chi connectivity index (χ0v) is 48.9. The van der Waals surface area contributed by atoms with Crippen LogP contribution in [0.3, 0.4) is 0 Å². The smallest absolute Gasteiger partial charge is 0.306 e. The van der Waals surface area contributed by atoms with E-state index >= 15 is 0 Å². The van der Waals surface area contributed by atoms with Gasteiger partial charge in [-0.1, -0.05) is 288 Å². The summed E-state index contributed by atoms with van der Waals surface area (Å²) in [4.78, 5) is 38.3. The highest BCUT2D eigenvalue weighted by atomic mass is 16.6. The Kier molecular flexibility index (Phi) is 59.7. The summed E-state index contributed by atoms with van der Waals surface area (Å²) >= 11 is 0. The molecule has 0 bridgehead atoms. The van der Waals surface area contributed by atoms with Gasteiger partial charge in [0.05, 0.1) is 0 Å². The summed E-state index contributed by atoms with van der Waals surface area (Å²) in [5.41, 5.74) is 0. The number of allylic oxidation sites excluding steroid dienone is 8. The average Bonchev–Trinajstić information content (AvgIpc) is 3.39. The van der Waals surface area contributed by atoms with Crippen molar-refractivity contribution < 1.29 is 28.6 Å². The van der Waals surface area contributed by atoms with Crippen molar-refractivity contribution in [1.82, 2.24) is 0 Å². The molecule has 0 aromatic rings. The Hall–Kier alpha value is -2.63. The second-order valence-electron chi connectivity index (χ2n) is 21.7. The fourth-order valence-corrected chi connectivity index (χ4v) is 9.45. The first-order valence-corrected chi connectivity index (χ1v) is 32.1. The standard InChI is InChI=1S/C67H122O6/c1-4-7-10-13-16-19-22-25-28-30-32-33-35-36-39-42-45-48-51-54-57-60-66(69)72-63-64(62-71-65(68)59-56-53-50-47-44-41-38-27-24-21-18-15-12-9-6-3)73-67(70)61-58-55-52-49-46-43-40-37-34-31-29-26-23-20-17-14-11-8-5-2/h17-18,20-21,26-27,29,38,64H,4-16,19,22-25,28,30-37,39-63H2,1-3H3/b20-17-,21-18-,29-26-,38-27-/t64-/m1/s1. The van der Waals surface area contributed by atoms with E-state index in [-0.39, 0.29) is 31.1 Å². The van der Waals surface area contributed by atoms with E-state index in [4.69, 9.17) is 14.2 Å². The number of carbonyl (C=O) groups excluding carboxylic acids is 3. The van der Waals surface area contributed by atoms with Crippen molar-refractivity contribution in [3.8, 4) is 0 Å². The van der Waals surface area contributed by atoms with Crippen LogP contribution in [-0.4, -0.2) is 37.2 Å². The summed E-state index contributed by atoms with van der Waals surface area (Å²) < 4.78 is 16.9. The molecule has 0 aliphatic rings. The third-order valence-electron chi connectivity index (χ3n) is 14.3. The van der Waals surface area contributed by atoms with Gasteiger partial charge < -0.3 is 14.2 Å². The third-order valence-corrected chi connectivity index (χ3v) is 14.3. The van der Waals surface area contributed by atoms with Gasteiger partial charge in [-0.2, -0.15) is 0 Å². The van der Waals surface area contributed by atoms with Crippen LogP contribution in [0, 0.1) is 0 Å². The van der Waals surface area contributed by atoms with E-state index in [2.05, 4.69) is 69.4 Å².